The molecule has 0 radical (unpaired) electrons. The number of benzene rings is 2. The maximum Gasteiger partial charge on any atom is 0.253 e. The highest BCUT2D eigenvalue weighted by molar-refractivity contribution is 7.22. The number of hydrogen-bond acceptors (Lipinski definition) is 4. The lowest BCUT2D eigenvalue weighted by atomic mass is 10.1. The predicted molar refractivity (Wildman–Crippen MR) is 120 cm³/mol. The van der Waals surface area contributed by atoms with E-state index in [2.05, 4.69) is 24.0 Å². The van der Waals surface area contributed by atoms with Crippen LogP contribution in [0.1, 0.15) is 23.7 Å². The first-order chi connectivity index (χ1) is 14.2. The second kappa shape index (κ2) is 8.80. The molecule has 0 aliphatic heterocycles. The molecule has 0 atom stereocenters. The number of carbonyl (C=O) groups excluding carboxylic acids is 1. The maximum absolute atomic E-state index is 13.1. The molecule has 4 aromatic rings. The Balaban J connectivity index is 1.70. The van der Waals surface area contributed by atoms with E-state index in [9.17, 15) is 4.79 Å². The van der Waals surface area contributed by atoms with E-state index in [1.165, 1.54) is 16.9 Å². The standard InChI is InChI=1S/C24H21N3OS/c1-2-19-11-8-13-21-23(19)26-24(29-21)27(17-20-12-6-7-16-25-20)22(28)15-14-18-9-4-3-5-10-18/h3-16H,2,17H2,1H3. The molecule has 2 heterocycles. The van der Waals surface area contributed by atoms with Gasteiger partial charge in [0.2, 0.25) is 0 Å². The van der Waals surface area contributed by atoms with E-state index in [1.807, 2.05) is 60.7 Å². The summed E-state index contributed by atoms with van der Waals surface area (Å²) in [6.45, 7) is 2.49. The lowest BCUT2D eigenvalue weighted by molar-refractivity contribution is -0.114. The number of nitrogens with zero attached hydrogens (tertiary/aromatic N) is 3. The van der Waals surface area contributed by atoms with E-state index in [4.69, 9.17) is 4.98 Å². The van der Waals surface area contributed by atoms with Crippen LogP contribution in [0.15, 0.2) is 79.0 Å². The van der Waals surface area contributed by atoms with Gasteiger partial charge in [-0.1, -0.05) is 66.8 Å². The average molecular weight is 400 g/mol. The second-order valence-corrected chi connectivity index (χ2v) is 7.61. The lowest BCUT2D eigenvalue weighted by Gasteiger charge is -2.17. The number of anilines is 1. The molecule has 0 bridgehead atoms. The molecule has 4 nitrogen and oxygen atoms in total. The predicted octanol–water partition coefficient (Wildman–Crippen LogP) is 5.50. The molecule has 4 rings (SSSR count). The molecule has 29 heavy (non-hydrogen) atoms. The Kier molecular flexibility index (Phi) is 5.77. The zero-order valence-corrected chi connectivity index (χ0v) is 17.0. The Bertz CT molecular complexity index is 1140. The molecule has 0 N–H and O–H groups in total. The number of amides is 1. The molecule has 0 aliphatic rings. The van der Waals surface area contributed by atoms with Gasteiger partial charge in [-0.3, -0.25) is 14.7 Å². The molecule has 0 unspecified atom stereocenters. The zero-order valence-electron chi connectivity index (χ0n) is 16.2. The molecule has 5 heteroatoms. The Morgan fingerprint density at radius 3 is 2.62 bits per heavy atom. The van der Waals surface area contributed by atoms with Crippen molar-refractivity contribution < 1.29 is 4.79 Å². The topological polar surface area (TPSA) is 46.1 Å². The number of hydrogen-bond donors (Lipinski definition) is 0. The van der Waals surface area contributed by atoms with Crippen molar-refractivity contribution >= 4 is 38.7 Å². The van der Waals surface area contributed by atoms with Gasteiger partial charge in [0.1, 0.15) is 0 Å². The monoisotopic (exact) mass is 399 g/mol. The fourth-order valence-electron chi connectivity index (χ4n) is 3.11. The van der Waals surface area contributed by atoms with Gasteiger partial charge in [0, 0.05) is 12.3 Å². The zero-order chi connectivity index (χ0) is 20.1. The van der Waals surface area contributed by atoms with E-state index in [-0.39, 0.29) is 5.91 Å². The van der Waals surface area contributed by atoms with Gasteiger partial charge in [0.05, 0.1) is 22.5 Å². The molecular formula is C24H21N3OS. The van der Waals surface area contributed by atoms with Gasteiger partial charge < -0.3 is 0 Å². The number of pyridine rings is 1. The Morgan fingerprint density at radius 1 is 1.03 bits per heavy atom. The summed E-state index contributed by atoms with van der Waals surface area (Å²) < 4.78 is 1.09. The third kappa shape index (κ3) is 4.41. The first-order valence-electron chi connectivity index (χ1n) is 9.57. The van der Waals surface area contributed by atoms with Gasteiger partial charge in [-0.2, -0.15) is 0 Å². The third-order valence-electron chi connectivity index (χ3n) is 4.63. The minimum absolute atomic E-state index is 0.114. The van der Waals surface area contributed by atoms with Crippen LogP contribution in [0.5, 0.6) is 0 Å². The number of aryl methyl sites for hydroxylation is 1. The van der Waals surface area contributed by atoms with Crippen molar-refractivity contribution in [3.8, 4) is 0 Å². The van der Waals surface area contributed by atoms with Crippen LogP contribution in [0.2, 0.25) is 0 Å². The smallest absolute Gasteiger partial charge is 0.253 e. The largest absolute Gasteiger partial charge is 0.278 e. The van der Waals surface area contributed by atoms with Crippen LogP contribution in [0.3, 0.4) is 0 Å². The molecule has 144 valence electrons. The highest BCUT2D eigenvalue weighted by Crippen LogP contribution is 2.32. The quantitative estimate of drug-likeness (QED) is 0.402. The van der Waals surface area contributed by atoms with Crippen molar-refractivity contribution in [2.75, 3.05) is 4.90 Å². The second-order valence-electron chi connectivity index (χ2n) is 6.60. The van der Waals surface area contributed by atoms with Gasteiger partial charge >= 0.3 is 0 Å². The highest BCUT2D eigenvalue weighted by atomic mass is 32.1. The van der Waals surface area contributed by atoms with Crippen molar-refractivity contribution in [3.05, 3.63) is 95.8 Å². The molecule has 0 saturated carbocycles. The maximum atomic E-state index is 13.1. The summed E-state index contributed by atoms with van der Waals surface area (Å²) in [5.41, 5.74) is 3.97. The van der Waals surface area contributed by atoms with Crippen LogP contribution in [-0.2, 0) is 17.8 Å². The lowest BCUT2D eigenvalue weighted by Crippen LogP contribution is -2.29. The molecule has 2 aromatic heterocycles. The minimum Gasteiger partial charge on any atom is -0.278 e. The van der Waals surface area contributed by atoms with Gasteiger partial charge in [0.15, 0.2) is 5.13 Å². The minimum atomic E-state index is -0.114. The van der Waals surface area contributed by atoms with Crippen LogP contribution < -0.4 is 4.90 Å². The van der Waals surface area contributed by atoms with Crippen LogP contribution in [0.4, 0.5) is 5.13 Å². The van der Waals surface area contributed by atoms with E-state index in [0.717, 1.165) is 27.9 Å². The van der Waals surface area contributed by atoms with Crippen molar-refractivity contribution in [2.24, 2.45) is 0 Å². The molecule has 2 aromatic carbocycles. The number of aromatic nitrogens is 2. The third-order valence-corrected chi connectivity index (χ3v) is 5.68. The van der Waals surface area contributed by atoms with Crippen LogP contribution in [0, 0.1) is 0 Å². The van der Waals surface area contributed by atoms with E-state index in [1.54, 1.807) is 17.2 Å². The summed E-state index contributed by atoms with van der Waals surface area (Å²) in [7, 11) is 0. The molecule has 0 aliphatic carbocycles. The number of rotatable bonds is 6. The number of para-hydroxylation sites is 1. The highest BCUT2D eigenvalue weighted by Gasteiger charge is 2.19. The summed E-state index contributed by atoms with van der Waals surface area (Å²) in [6.07, 6.45) is 6.08. The van der Waals surface area contributed by atoms with Crippen molar-refractivity contribution in [1.29, 1.82) is 0 Å². The first kappa shape index (κ1) is 19.0. The summed E-state index contributed by atoms with van der Waals surface area (Å²) in [4.78, 5) is 24.0. The molecule has 0 spiro atoms. The summed E-state index contributed by atoms with van der Waals surface area (Å²) in [5, 5.41) is 0.689. The van der Waals surface area contributed by atoms with Gasteiger partial charge in [0.25, 0.3) is 5.91 Å². The fraction of sp³-hybridized carbons (Fsp3) is 0.125. The normalized spacial score (nSPS) is 11.2. The van der Waals surface area contributed by atoms with Gasteiger partial charge in [-0.05, 0) is 41.8 Å². The fourth-order valence-corrected chi connectivity index (χ4v) is 4.13. The van der Waals surface area contributed by atoms with Crippen LogP contribution >= 0.6 is 11.3 Å². The molecule has 0 fully saturated rings. The SMILES string of the molecule is CCc1cccc2sc(N(Cc3ccccn3)C(=O)C=Cc3ccccc3)nc12. The Morgan fingerprint density at radius 2 is 1.86 bits per heavy atom. The Labute approximate surface area is 174 Å². The molecule has 1 amide bonds. The van der Waals surface area contributed by atoms with E-state index >= 15 is 0 Å². The summed E-state index contributed by atoms with van der Waals surface area (Å²) in [5.74, 6) is -0.114. The van der Waals surface area contributed by atoms with Crippen molar-refractivity contribution in [3.63, 3.8) is 0 Å². The number of carbonyl (C=O) groups is 1. The van der Waals surface area contributed by atoms with Crippen molar-refractivity contribution in [1.82, 2.24) is 9.97 Å². The molecule has 0 saturated heterocycles. The van der Waals surface area contributed by atoms with E-state index in [0.29, 0.717) is 11.7 Å². The van der Waals surface area contributed by atoms with Crippen molar-refractivity contribution in [2.45, 2.75) is 19.9 Å². The van der Waals surface area contributed by atoms with Gasteiger partial charge in [-0.15, -0.1) is 0 Å². The van der Waals surface area contributed by atoms with E-state index < -0.39 is 0 Å². The first-order valence-corrected chi connectivity index (χ1v) is 10.4. The van der Waals surface area contributed by atoms with Crippen LogP contribution in [0.25, 0.3) is 16.3 Å². The van der Waals surface area contributed by atoms with Crippen LogP contribution in [-0.4, -0.2) is 15.9 Å². The number of thiazole rings is 1. The van der Waals surface area contributed by atoms with Gasteiger partial charge in [-0.25, -0.2) is 4.98 Å². The summed E-state index contributed by atoms with van der Waals surface area (Å²) >= 11 is 1.54. The molecular weight excluding hydrogens is 378 g/mol. The average Bonchev–Trinajstić information content (AvgIpc) is 3.21. The number of fused-ring (bicyclic) bond motifs is 1. The summed E-state index contributed by atoms with van der Waals surface area (Å²) in [6, 6.07) is 21.7. The Hall–Kier alpha value is -3.31.